The van der Waals surface area contributed by atoms with E-state index in [1.807, 2.05) is 0 Å². The Labute approximate surface area is 202 Å². The standard InChI is InChI=1S/C33H29N/c1-4-12-24(13-5-1)22-27-18-10-20-29-31(26-16-8-3-9-17-26)30-21-11-19-28(33(30)34-32(27)29)23-25-14-6-2-7-15-25/h1-9,12-17,22-23H,10-11,18-21H2/b27-22-,28-23+. The molecule has 0 atom stereocenters. The van der Waals surface area contributed by atoms with E-state index >= 15 is 0 Å². The van der Waals surface area contributed by atoms with Gasteiger partial charge in [0.25, 0.3) is 0 Å². The van der Waals surface area contributed by atoms with Crippen LogP contribution in [0.25, 0.3) is 34.4 Å². The minimum atomic E-state index is 1.08. The van der Waals surface area contributed by atoms with E-state index in [0.29, 0.717) is 0 Å². The van der Waals surface area contributed by atoms with Gasteiger partial charge < -0.3 is 0 Å². The molecule has 0 radical (unpaired) electrons. The molecule has 0 spiro atoms. The fraction of sp³-hybridized carbons (Fsp3) is 0.182. The summed E-state index contributed by atoms with van der Waals surface area (Å²) in [4.78, 5) is 5.46. The Morgan fingerprint density at radius 2 is 0.941 bits per heavy atom. The Hall–Kier alpha value is -3.71. The Bertz CT molecular complexity index is 1280. The van der Waals surface area contributed by atoms with Gasteiger partial charge in [0.15, 0.2) is 0 Å². The molecule has 0 unspecified atom stereocenters. The molecule has 2 aliphatic carbocycles. The van der Waals surface area contributed by atoms with Gasteiger partial charge in [0.2, 0.25) is 0 Å². The molecule has 34 heavy (non-hydrogen) atoms. The summed E-state index contributed by atoms with van der Waals surface area (Å²) in [5.74, 6) is 0. The van der Waals surface area contributed by atoms with E-state index in [0.717, 1.165) is 25.7 Å². The van der Waals surface area contributed by atoms with Crippen LogP contribution in [0.5, 0.6) is 0 Å². The van der Waals surface area contributed by atoms with Crippen LogP contribution in [0.4, 0.5) is 0 Å². The number of hydrogen-bond acceptors (Lipinski definition) is 1. The number of rotatable bonds is 3. The van der Waals surface area contributed by atoms with Gasteiger partial charge in [-0.2, -0.15) is 0 Å². The minimum Gasteiger partial charge on any atom is -0.248 e. The number of aromatic nitrogens is 1. The van der Waals surface area contributed by atoms with Gasteiger partial charge in [-0.1, -0.05) is 91.0 Å². The lowest BCUT2D eigenvalue weighted by Crippen LogP contribution is -2.15. The lowest BCUT2D eigenvalue weighted by molar-refractivity contribution is 0.778. The van der Waals surface area contributed by atoms with Gasteiger partial charge in [-0.25, -0.2) is 4.98 Å². The maximum Gasteiger partial charge on any atom is 0.0707 e. The van der Waals surface area contributed by atoms with Crippen molar-refractivity contribution in [2.45, 2.75) is 38.5 Å². The highest BCUT2D eigenvalue weighted by atomic mass is 14.7. The van der Waals surface area contributed by atoms with Crippen molar-refractivity contribution in [1.82, 2.24) is 4.98 Å². The van der Waals surface area contributed by atoms with Crippen molar-refractivity contribution < 1.29 is 0 Å². The maximum atomic E-state index is 5.46. The molecule has 0 saturated heterocycles. The monoisotopic (exact) mass is 439 g/mol. The summed E-state index contributed by atoms with van der Waals surface area (Å²) in [6.45, 7) is 0. The van der Waals surface area contributed by atoms with E-state index in [4.69, 9.17) is 4.98 Å². The molecule has 0 amide bonds. The number of pyridine rings is 1. The summed E-state index contributed by atoms with van der Waals surface area (Å²) in [6, 6.07) is 32.4. The first-order valence-corrected chi connectivity index (χ1v) is 12.5. The van der Waals surface area contributed by atoms with Crippen LogP contribution < -0.4 is 0 Å². The summed E-state index contributed by atoms with van der Waals surface area (Å²) < 4.78 is 0. The predicted octanol–water partition coefficient (Wildman–Crippen LogP) is 8.50. The number of fused-ring (bicyclic) bond motifs is 2. The molecule has 6 rings (SSSR count). The van der Waals surface area contributed by atoms with Crippen molar-refractivity contribution in [3.8, 4) is 11.1 Å². The van der Waals surface area contributed by atoms with Crippen LogP contribution in [-0.2, 0) is 12.8 Å². The van der Waals surface area contributed by atoms with Gasteiger partial charge in [-0.15, -0.1) is 0 Å². The van der Waals surface area contributed by atoms with E-state index in [2.05, 4.69) is 103 Å². The van der Waals surface area contributed by atoms with Gasteiger partial charge in [-0.3, -0.25) is 0 Å². The van der Waals surface area contributed by atoms with Gasteiger partial charge in [-0.05, 0) is 95.2 Å². The first kappa shape index (κ1) is 20.9. The van der Waals surface area contributed by atoms with E-state index in [-0.39, 0.29) is 0 Å². The zero-order valence-electron chi connectivity index (χ0n) is 19.5. The van der Waals surface area contributed by atoms with Crippen LogP contribution in [0.15, 0.2) is 91.0 Å². The third kappa shape index (κ3) is 4.03. The van der Waals surface area contributed by atoms with Gasteiger partial charge in [0.05, 0.1) is 11.4 Å². The summed E-state index contributed by atoms with van der Waals surface area (Å²) in [5, 5.41) is 0. The van der Waals surface area contributed by atoms with E-state index in [1.165, 1.54) is 68.8 Å². The quantitative estimate of drug-likeness (QED) is 0.312. The second-order valence-corrected chi connectivity index (χ2v) is 9.37. The molecule has 0 bridgehead atoms. The highest BCUT2D eigenvalue weighted by molar-refractivity contribution is 5.91. The first-order valence-electron chi connectivity index (χ1n) is 12.5. The van der Waals surface area contributed by atoms with Gasteiger partial charge in [0.1, 0.15) is 0 Å². The maximum absolute atomic E-state index is 5.46. The molecule has 1 nitrogen and oxygen atoms in total. The molecule has 2 aliphatic rings. The molecule has 166 valence electrons. The molecular formula is C33H29N. The highest BCUT2D eigenvalue weighted by Gasteiger charge is 2.28. The van der Waals surface area contributed by atoms with E-state index < -0.39 is 0 Å². The van der Waals surface area contributed by atoms with Gasteiger partial charge >= 0.3 is 0 Å². The van der Waals surface area contributed by atoms with Crippen molar-refractivity contribution >= 4 is 23.3 Å². The van der Waals surface area contributed by atoms with Crippen LogP contribution in [-0.4, -0.2) is 4.98 Å². The Balaban J connectivity index is 1.60. The highest BCUT2D eigenvalue weighted by Crippen LogP contribution is 2.44. The zero-order valence-corrected chi connectivity index (χ0v) is 19.5. The van der Waals surface area contributed by atoms with Crippen molar-refractivity contribution in [2.24, 2.45) is 0 Å². The molecule has 0 aliphatic heterocycles. The van der Waals surface area contributed by atoms with Crippen molar-refractivity contribution in [1.29, 1.82) is 0 Å². The lowest BCUT2D eigenvalue weighted by atomic mass is 9.78. The molecule has 1 heterocycles. The fourth-order valence-corrected chi connectivity index (χ4v) is 5.57. The first-order chi connectivity index (χ1) is 16.9. The zero-order chi connectivity index (χ0) is 22.7. The van der Waals surface area contributed by atoms with Crippen LogP contribution in [0.1, 0.15) is 59.3 Å². The van der Waals surface area contributed by atoms with Crippen LogP contribution in [0.3, 0.4) is 0 Å². The molecular weight excluding hydrogens is 410 g/mol. The summed E-state index contributed by atoms with van der Waals surface area (Å²) in [6.07, 6.45) is 11.4. The molecule has 1 heteroatoms. The fourth-order valence-electron chi connectivity index (χ4n) is 5.57. The van der Waals surface area contributed by atoms with Crippen molar-refractivity contribution in [3.05, 3.63) is 125 Å². The minimum absolute atomic E-state index is 1.08. The summed E-state index contributed by atoms with van der Waals surface area (Å²) in [7, 11) is 0. The molecule has 1 aromatic heterocycles. The van der Waals surface area contributed by atoms with Crippen molar-refractivity contribution in [2.75, 3.05) is 0 Å². The number of allylic oxidation sites excluding steroid dienone is 2. The third-order valence-corrected chi connectivity index (χ3v) is 7.10. The number of hydrogen-bond donors (Lipinski definition) is 0. The molecule has 4 aromatic rings. The van der Waals surface area contributed by atoms with Crippen LogP contribution >= 0.6 is 0 Å². The predicted molar refractivity (Wildman–Crippen MR) is 144 cm³/mol. The average Bonchev–Trinajstić information content (AvgIpc) is 2.90. The summed E-state index contributed by atoms with van der Waals surface area (Å²) >= 11 is 0. The molecule has 0 saturated carbocycles. The third-order valence-electron chi connectivity index (χ3n) is 7.10. The number of nitrogens with zero attached hydrogens (tertiary/aromatic N) is 1. The topological polar surface area (TPSA) is 12.9 Å². The SMILES string of the molecule is C(=C1\CCCc2c1nc1c(c2-c2ccccc2)CCC/C1=C\c1ccccc1)/c1ccccc1. The second kappa shape index (κ2) is 9.27. The van der Waals surface area contributed by atoms with Crippen LogP contribution in [0.2, 0.25) is 0 Å². The van der Waals surface area contributed by atoms with E-state index in [1.54, 1.807) is 0 Å². The van der Waals surface area contributed by atoms with Crippen LogP contribution in [0, 0.1) is 0 Å². The summed E-state index contributed by atoms with van der Waals surface area (Å²) in [5.41, 5.74) is 13.4. The largest absolute Gasteiger partial charge is 0.248 e. The Kier molecular flexibility index (Phi) is 5.69. The Morgan fingerprint density at radius 1 is 0.500 bits per heavy atom. The normalized spacial score (nSPS) is 17.4. The average molecular weight is 440 g/mol. The second-order valence-electron chi connectivity index (χ2n) is 9.37. The molecule has 0 fully saturated rings. The molecule has 0 N–H and O–H groups in total. The van der Waals surface area contributed by atoms with Crippen molar-refractivity contribution in [3.63, 3.8) is 0 Å². The number of benzene rings is 3. The smallest absolute Gasteiger partial charge is 0.0707 e. The van der Waals surface area contributed by atoms with Gasteiger partial charge in [0, 0.05) is 0 Å². The molecule has 3 aromatic carbocycles. The Morgan fingerprint density at radius 3 is 1.41 bits per heavy atom. The van der Waals surface area contributed by atoms with E-state index in [9.17, 15) is 0 Å². The lowest BCUT2D eigenvalue weighted by Gasteiger charge is -2.29.